The number of hydrogen-bond acceptors (Lipinski definition) is 3. The molecule has 1 aliphatic heterocycles. The standard InChI is InChI=1S/C22H27FN2OS/c23-19-14-8-7-9-16(19)15-20-21(26)25(18-12-5-2-6-13-18)22(27-20)24-17-10-3-1-4-11-17/h7-9,14-15,17-18H,1-6,10-13H2. The van der Waals surface area contributed by atoms with Gasteiger partial charge >= 0.3 is 0 Å². The maximum absolute atomic E-state index is 14.1. The van der Waals surface area contributed by atoms with Gasteiger partial charge in [-0.3, -0.25) is 14.7 Å². The molecule has 1 amide bonds. The molecule has 27 heavy (non-hydrogen) atoms. The average molecular weight is 387 g/mol. The summed E-state index contributed by atoms with van der Waals surface area (Å²) in [5.41, 5.74) is 0.468. The molecule has 144 valence electrons. The van der Waals surface area contributed by atoms with Gasteiger partial charge in [-0.15, -0.1) is 0 Å². The Balaban J connectivity index is 1.64. The number of benzene rings is 1. The smallest absolute Gasteiger partial charge is 0.267 e. The molecular weight excluding hydrogens is 359 g/mol. The van der Waals surface area contributed by atoms with Crippen LogP contribution in [0.1, 0.15) is 69.8 Å². The van der Waals surface area contributed by atoms with Gasteiger partial charge in [0.05, 0.1) is 10.9 Å². The number of carbonyl (C=O) groups excluding carboxylic acids is 1. The molecular formula is C22H27FN2OS. The zero-order chi connectivity index (χ0) is 18.6. The first kappa shape index (κ1) is 18.7. The number of carbonyl (C=O) groups is 1. The maximum atomic E-state index is 14.1. The van der Waals surface area contributed by atoms with Crippen LogP contribution in [-0.2, 0) is 4.79 Å². The van der Waals surface area contributed by atoms with E-state index in [0.29, 0.717) is 16.5 Å². The zero-order valence-corrected chi connectivity index (χ0v) is 16.5. The number of thioether (sulfide) groups is 1. The Hall–Kier alpha value is -1.62. The average Bonchev–Trinajstić information content (AvgIpc) is 3.00. The van der Waals surface area contributed by atoms with Gasteiger partial charge in [0.15, 0.2) is 5.17 Å². The quantitative estimate of drug-likeness (QED) is 0.618. The molecule has 3 nitrogen and oxygen atoms in total. The molecule has 4 rings (SSSR count). The lowest BCUT2D eigenvalue weighted by Crippen LogP contribution is -2.41. The molecule has 1 aromatic carbocycles. The zero-order valence-electron chi connectivity index (χ0n) is 15.7. The molecule has 3 fully saturated rings. The molecule has 0 radical (unpaired) electrons. The Morgan fingerprint density at radius 2 is 1.67 bits per heavy atom. The highest BCUT2D eigenvalue weighted by Crippen LogP contribution is 2.38. The lowest BCUT2D eigenvalue weighted by Gasteiger charge is -2.31. The predicted molar refractivity (Wildman–Crippen MR) is 110 cm³/mol. The van der Waals surface area contributed by atoms with Crippen LogP contribution in [-0.4, -0.2) is 28.1 Å². The molecule has 0 atom stereocenters. The fraction of sp³-hybridized carbons (Fsp3) is 0.545. The van der Waals surface area contributed by atoms with Crippen molar-refractivity contribution in [1.29, 1.82) is 0 Å². The number of rotatable bonds is 3. The monoisotopic (exact) mass is 386 g/mol. The topological polar surface area (TPSA) is 32.7 Å². The normalized spacial score (nSPS) is 25.7. The molecule has 0 spiro atoms. The van der Waals surface area contributed by atoms with Crippen LogP contribution in [0.15, 0.2) is 34.2 Å². The molecule has 5 heteroatoms. The Bertz CT molecular complexity index is 748. The highest BCUT2D eigenvalue weighted by atomic mass is 32.2. The number of halogens is 1. The third-order valence-electron chi connectivity index (χ3n) is 5.84. The molecule has 2 saturated carbocycles. The second kappa shape index (κ2) is 8.59. The first-order chi connectivity index (χ1) is 13.2. The second-order valence-electron chi connectivity index (χ2n) is 7.80. The van der Waals surface area contributed by atoms with Gasteiger partial charge in [-0.1, -0.05) is 56.7 Å². The summed E-state index contributed by atoms with van der Waals surface area (Å²) in [7, 11) is 0. The van der Waals surface area contributed by atoms with Gasteiger partial charge in [0.25, 0.3) is 5.91 Å². The van der Waals surface area contributed by atoms with E-state index >= 15 is 0 Å². The van der Waals surface area contributed by atoms with E-state index in [0.717, 1.165) is 30.9 Å². The van der Waals surface area contributed by atoms with Crippen molar-refractivity contribution in [2.45, 2.75) is 76.3 Å². The van der Waals surface area contributed by atoms with Crippen LogP contribution < -0.4 is 0 Å². The number of amides is 1. The summed E-state index contributed by atoms with van der Waals surface area (Å²) in [6.45, 7) is 0. The van der Waals surface area contributed by atoms with Gasteiger partial charge in [0.2, 0.25) is 0 Å². The van der Waals surface area contributed by atoms with Crippen molar-refractivity contribution in [2.75, 3.05) is 0 Å². The molecule has 0 unspecified atom stereocenters. The SMILES string of the molecule is O=C1C(=Cc2ccccc2F)SC(=NC2CCCCC2)N1C1CCCCC1. The molecule has 2 aliphatic carbocycles. The van der Waals surface area contributed by atoms with Crippen molar-refractivity contribution in [3.63, 3.8) is 0 Å². The van der Waals surface area contributed by atoms with E-state index in [1.165, 1.54) is 56.4 Å². The van der Waals surface area contributed by atoms with Crippen molar-refractivity contribution < 1.29 is 9.18 Å². The minimum Gasteiger partial charge on any atom is -0.284 e. The first-order valence-corrected chi connectivity index (χ1v) is 11.1. The maximum Gasteiger partial charge on any atom is 0.267 e. The van der Waals surface area contributed by atoms with Crippen LogP contribution in [0.2, 0.25) is 0 Å². The van der Waals surface area contributed by atoms with E-state index in [2.05, 4.69) is 0 Å². The Kier molecular flexibility index (Phi) is 5.96. The van der Waals surface area contributed by atoms with Crippen molar-refractivity contribution in [2.24, 2.45) is 4.99 Å². The number of aliphatic imine (C=N–C) groups is 1. The van der Waals surface area contributed by atoms with Gasteiger partial charge in [0, 0.05) is 11.6 Å². The molecule has 1 aromatic rings. The van der Waals surface area contributed by atoms with E-state index in [1.807, 2.05) is 4.90 Å². The van der Waals surface area contributed by atoms with E-state index in [1.54, 1.807) is 24.3 Å². The van der Waals surface area contributed by atoms with E-state index < -0.39 is 0 Å². The van der Waals surface area contributed by atoms with Crippen molar-refractivity contribution >= 4 is 28.9 Å². The fourth-order valence-electron chi connectivity index (χ4n) is 4.34. The van der Waals surface area contributed by atoms with Gasteiger partial charge < -0.3 is 0 Å². The summed E-state index contributed by atoms with van der Waals surface area (Å²) in [4.78, 5) is 20.7. The van der Waals surface area contributed by atoms with Crippen LogP contribution in [0, 0.1) is 5.82 Å². The number of nitrogens with zero attached hydrogens (tertiary/aromatic N) is 2. The summed E-state index contributed by atoms with van der Waals surface area (Å²) in [6, 6.07) is 7.20. The largest absolute Gasteiger partial charge is 0.284 e. The summed E-state index contributed by atoms with van der Waals surface area (Å²) < 4.78 is 14.1. The fourth-order valence-corrected chi connectivity index (χ4v) is 5.44. The Morgan fingerprint density at radius 3 is 2.37 bits per heavy atom. The summed E-state index contributed by atoms with van der Waals surface area (Å²) in [5.74, 6) is -0.287. The van der Waals surface area contributed by atoms with Gasteiger partial charge in [-0.2, -0.15) is 0 Å². The first-order valence-electron chi connectivity index (χ1n) is 10.3. The second-order valence-corrected chi connectivity index (χ2v) is 8.81. The third-order valence-corrected chi connectivity index (χ3v) is 6.83. The van der Waals surface area contributed by atoms with E-state index in [-0.39, 0.29) is 17.8 Å². The summed E-state index contributed by atoms with van der Waals surface area (Å²) >= 11 is 1.44. The van der Waals surface area contributed by atoms with Crippen molar-refractivity contribution in [1.82, 2.24) is 4.90 Å². The van der Waals surface area contributed by atoms with Crippen LogP contribution in [0.3, 0.4) is 0 Å². The van der Waals surface area contributed by atoms with Gasteiger partial charge in [0.1, 0.15) is 5.82 Å². The van der Waals surface area contributed by atoms with E-state index in [9.17, 15) is 9.18 Å². The van der Waals surface area contributed by atoms with Crippen LogP contribution >= 0.6 is 11.8 Å². The number of hydrogen-bond donors (Lipinski definition) is 0. The number of amidine groups is 1. The van der Waals surface area contributed by atoms with Crippen LogP contribution in [0.25, 0.3) is 6.08 Å². The van der Waals surface area contributed by atoms with Crippen LogP contribution in [0.5, 0.6) is 0 Å². The minimum absolute atomic E-state index is 0.00436. The molecule has 0 bridgehead atoms. The molecule has 3 aliphatic rings. The predicted octanol–water partition coefficient (Wildman–Crippen LogP) is 5.76. The highest BCUT2D eigenvalue weighted by molar-refractivity contribution is 8.18. The van der Waals surface area contributed by atoms with Crippen molar-refractivity contribution in [3.05, 3.63) is 40.6 Å². The Morgan fingerprint density at radius 1 is 1.00 bits per heavy atom. The molecule has 1 heterocycles. The van der Waals surface area contributed by atoms with Crippen LogP contribution in [0.4, 0.5) is 4.39 Å². The summed E-state index contributed by atoms with van der Waals surface area (Å²) in [5, 5.41) is 0.849. The Labute approximate surface area is 165 Å². The molecule has 0 aromatic heterocycles. The molecule has 0 N–H and O–H groups in total. The van der Waals surface area contributed by atoms with Gasteiger partial charge in [-0.05, 0) is 49.6 Å². The molecule has 1 saturated heterocycles. The third kappa shape index (κ3) is 4.29. The lowest BCUT2D eigenvalue weighted by atomic mass is 9.94. The van der Waals surface area contributed by atoms with Crippen molar-refractivity contribution in [3.8, 4) is 0 Å². The lowest BCUT2D eigenvalue weighted by molar-refractivity contribution is -0.124. The van der Waals surface area contributed by atoms with E-state index in [4.69, 9.17) is 4.99 Å². The minimum atomic E-state index is -0.291. The van der Waals surface area contributed by atoms with Gasteiger partial charge in [-0.25, -0.2) is 4.39 Å². The summed E-state index contributed by atoms with van der Waals surface area (Å²) in [6.07, 6.45) is 13.3. The highest BCUT2D eigenvalue weighted by Gasteiger charge is 2.39.